The van der Waals surface area contributed by atoms with Gasteiger partial charge in [-0.3, -0.25) is 9.48 Å². The average Bonchev–Trinajstić information content (AvgIpc) is 2.65. The fourth-order valence-electron chi connectivity index (χ4n) is 1.93. The summed E-state index contributed by atoms with van der Waals surface area (Å²) >= 11 is 0. The van der Waals surface area contributed by atoms with Crippen LogP contribution in [0.3, 0.4) is 0 Å². The summed E-state index contributed by atoms with van der Waals surface area (Å²) in [4.78, 5) is 14.4. The Bertz CT molecular complexity index is 409. The van der Waals surface area contributed by atoms with Crippen molar-refractivity contribution in [1.82, 2.24) is 14.7 Å². The van der Waals surface area contributed by atoms with Gasteiger partial charge in [0.25, 0.3) is 5.91 Å². The molecule has 0 aromatic carbocycles. The minimum atomic E-state index is -0.0319. The van der Waals surface area contributed by atoms with E-state index in [9.17, 15) is 4.79 Å². The van der Waals surface area contributed by atoms with E-state index in [0.717, 1.165) is 6.54 Å². The molecule has 1 rings (SSSR count). The normalized spacial score (nSPS) is 11.3. The van der Waals surface area contributed by atoms with Crippen molar-refractivity contribution in [1.29, 1.82) is 0 Å². The SMILES string of the molecule is CCn1ncc(N)c1C(=O)N(CC(C)C)C(C)C. The van der Waals surface area contributed by atoms with Gasteiger partial charge >= 0.3 is 0 Å². The van der Waals surface area contributed by atoms with E-state index in [4.69, 9.17) is 5.73 Å². The Kier molecular flexibility index (Phi) is 4.76. The van der Waals surface area contributed by atoms with Crippen LogP contribution in [0.5, 0.6) is 0 Å². The molecule has 1 amide bonds. The van der Waals surface area contributed by atoms with Crippen molar-refractivity contribution >= 4 is 11.6 Å². The molecule has 5 heteroatoms. The van der Waals surface area contributed by atoms with Gasteiger partial charge in [-0.25, -0.2) is 0 Å². The largest absolute Gasteiger partial charge is 0.396 e. The van der Waals surface area contributed by atoms with Crippen LogP contribution in [0.2, 0.25) is 0 Å². The molecule has 0 aliphatic heterocycles. The van der Waals surface area contributed by atoms with Crippen LogP contribution in [0.15, 0.2) is 6.20 Å². The first-order valence-corrected chi connectivity index (χ1v) is 6.50. The lowest BCUT2D eigenvalue weighted by molar-refractivity contribution is 0.0670. The summed E-state index contributed by atoms with van der Waals surface area (Å²) in [6.07, 6.45) is 1.55. The number of hydrogen-bond acceptors (Lipinski definition) is 3. The minimum absolute atomic E-state index is 0.0319. The lowest BCUT2D eigenvalue weighted by atomic mass is 10.1. The fourth-order valence-corrected chi connectivity index (χ4v) is 1.93. The zero-order chi connectivity index (χ0) is 13.9. The van der Waals surface area contributed by atoms with Gasteiger partial charge in [0.05, 0.1) is 11.9 Å². The number of aromatic nitrogens is 2. The molecule has 0 fully saturated rings. The highest BCUT2D eigenvalue weighted by molar-refractivity contribution is 5.97. The maximum Gasteiger partial charge on any atom is 0.274 e. The zero-order valence-corrected chi connectivity index (χ0v) is 12.0. The van der Waals surface area contributed by atoms with E-state index in [-0.39, 0.29) is 11.9 Å². The third kappa shape index (κ3) is 3.03. The minimum Gasteiger partial charge on any atom is -0.396 e. The van der Waals surface area contributed by atoms with Gasteiger partial charge in [-0.2, -0.15) is 5.10 Å². The monoisotopic (exact) mass is 252 g/mol. The Morgan fingerprint density at radius 3 is 2.50 bits per heavy atom. The zero-order valence-electron chi connectivity index (χ0n) is 12.0. The number of anilines is 1. The molecule has 0 unspecified atom stereocenters. The maximum absolute atomic E-state index is 12.6. The van der Waals surface area contributed by atoms with Gasteiger partial charge in [0.15, 0.2) is 0 Å². The molecule has 2 N–H and O–H groups in total. The topological polar surface area (TPSA) is 64.2 Å². The number of hydrogen-bond donors (Lipinski definition) is 1. The van der Waals surface area contributed by atoms with E-state index in [1.165, 1.54) is 0 Å². The van der Waals surface area contributed by atoms with Crippen molar-refractivity contribution in [2.24, 2.45) is 5.92 Å². The second kappa shape index (κ2) is 5.89. The van der Waals surface area contributed by atoms with Gasteiger partial charge in [-0.15, -0.1) is 0 Å². The van der Waals surface area contributed by atoms with Crippen LogP contribution in [0.25, 0.3) is 0 Å². The van der Waals surface area contributed by atoms with Crippen LogP contribution in [0.4, 0.5) is 5.69 Å². The van der Waals surface area contributed by atoms with Crippen molar-refractivity contribution in [3.8, 4) is 0 Å². The van der Waals surface area contributed by atoms with Crippen LogP contribution >= 0.6 is 0 Å². The van der Waals surface area contributed by atoms with Gasteiger partial charge in [0.2, 0.25) is 0 Å². The van der Waals surface area contributed by atoms with E-state index in [0.29, 0.717) is 23.8 Å². The second-order valence-electron chi connectivity index (χ2n) is 5.21. The van der Waals surface area contributed by atoms with Gasteiger partial charge < -0.3 is 10.6 Å². The number of nitrogens with zero attached hydrogens (tertiary/aromatic N) is 3. The average molecular weight is 252 g/mol. The number of aryl methyl sites for hydroxylation is 1. The van der Waals surface area contributed by atoms with Crippen molar-refractivity contribution < 1.29 is 4.79 Å². The molecule has 0 aliphatic rings. The summed E-state index contributed by atoms with van der Waals surface area (Å²) in [5, 5.41) is 4.12. The highest BCUT2D eigenvalue weighted by Gasteiger charge is 2.24. The molecule has 0 atom stereocenters. The fraction of sp³-hybridized carbons (Fsp3) is 0.692. The predicted octanol–water partition coefficient (Wildman–Crippen LogP) is 1.99. The van der Waals surface area contributed by atoms with Gasteiger partial charge in [-0.1, -0.05) is 13.8 Å². The number of amides is 1. The van der Waals surface area contributed by atoms with Crippen molar-refractivity contribution in [3.05, 3.63) is 11.9 Å². The van der Waals surface area contributed by atoms with E-state index in [1.54, 1.807) is 10.9 Å². The molecule has 1 heterocycles. The third-order valence-corrected chi connectivity index (χ3v) is 2.82. The second-order valence-corrected chi connectivity index (χ2v) is 5.21. The molecule has 1 aromatic rings. The van der Waals surface area contributed by atoms with E-state index in [1.807, 2.05) is 25.7 Å². The molecule has 0 saturated heterocycles. The highest BCUT2D eigenvalue weighted by atomic mass is 16.2. The summed E-state index contributed by atoms with van der Waals surface area (Å²) < 4.78 is 1.66. The third-order valence-electron chi connectivity index (χ3n) is 2.82. The van der Waals surface area contributed by atoms with Crippen molar-refractivity contribution in [3.63, 3.8) is 0 Å². The first-order chi connectivity index (χ1) is 8.38. The molecular weight excluding hydrogens is 228 g/mol. The van der Waals surface area contributed by atoms with E-state index in [2.05, 4.69) is 18.9 Å². The summed E-state index contributed by atoms with van der Waals surface area (Å²) in [6, 6.07) is 0.152. The number of nitrogen functional groups attached to an aromatic ring is 1. The molecule has 0 radical (unpaired) electrons. The molecule has 102 valence electrons. The smallest absolute Gasteiger partial charge is 0.274 e. The maximum atomic E-state index is 12.6. The van der Waals surface area contributed by atoms with E-state index < -0.39 is 0 Å². The summed E-state index contributed by atoms with van der Waals surface area (Å²) in [5.74, 6) is 0.395. The summed E-state index contributed by atoms with van der Waals surface area (Å²) in [6.45, 7) is 11.6. The standard InChI is InChI=1S/C13H24N4O/c1-6-17-12(11(14)7-15-17)13(18)16(10(4)5)8-9(2)3/h7,9-10H,6,8,14H2,1-5H3. The molecule has 1 aromatic heterocycles. The highest BCUT2D eigenvalue weighted by Crippen LogP contribution is 2.16. The van der Waals surface area contributed by atoms with Gasteiger partial charge in [-0.05, 0) is 26.7 Å². The van der Waals surface area contributed by atoms with Gasteiger partial charge in [0, 0.05) is 19.1 Å². The lowest BCUT2D eigenvalue weighted by Crippen LogP contribution is -2.40. The Hall–Kier alpha value is -1.52. The number of nitrogens with two attached hydrogens (primary N) is 1. The Balaban J connectivity index is 3.05. The Morgan fingerprint density at radius 1 is 1.44 bits per heavy atom. The molecule has 0 saturated carbocycles. The molecule has 5 nitrogen and oxygen atoms in total. The summed E-state index contributed by atoms with van der Waals surface area (Å²) in [5.41, 5.74) is 6.82. The first kappa shape index (κ1) is 14.5. The molecule has 0 bridgehead atoms. The number of carbonyl (C=O) groups excluding carboxylic acids is 1. The Labute approximate surface area is 109 Å². The predicted molar refractivity (Wildman–Crippen MR) is 73.3 cm³/mol. The van der Waals surface area contributed by atoms with Crippen LogP contribution in [-0.4, -0.2) is 33.2 Å². The number of carbonyl (C=O) groups is 1. The van der Waals surface area contributed by atoms with Gasteiger partial charge in [0.1, 0.15) is 5.69 Å². The molecule has 0 aliphatic carbocycles. The lowest BCUT2D eigenvalue weighted by Gasteiger charge is -2.28. The first-order valence-electron chi connectivity index (χ1n) is 6.50. The van der Waals surface area contributed by atoms with E-state index >= 15 is 0 Å². The summed E-state index contributed by atoms with van der Waals surface area (Å²) in [7, 11) is 0. The van der Waals surface area contributed by atoms with Crippen LogP contribution in [0, 0.1) is 5.92 Å². The molecular formula is C13H24N4O. The quantitative estimate of drug-likeness (QED) is 0.871. The Morgan fingerprint density at radius 2 is 2.06 bits per heavy atom. The van der Waals surface area contributed by atoms with Crippen LogP contribution in [0.1, 0.15) is 45.1 Å². The number of rotatable bonds is 5. The van der Waals surface area contributed by atoms with Crippen molar-refractivity contribution in [2.45, 2.75) is 47.2 Å². The molecule has 18 heavy (non-hydrogen) atoms. The van der Waals surface area contributed by atoms with Crippen molar-refractivity contribution in [2.75, 3.05) is 12.3 Å². The molecule has 0 spiro atoms. The van der Waals surface area contributed by atoms with Crippen LogP contribution in [-0.2, 0) is 6.54 Å². The van der Waals surface area contributed by atoms with Crippen LogP contribution < -0.4 is 5.73 Å².